The molecule has 37 heavy (non-hydrogen) atoms. The van der Waals surface area contributed by atoms with Gasteiger partial charge in [0.1, 0.15) is 5.82 Å². The maximum atomic E-state index is 13.7. The minimum atomic E-state index is -3.75. The molecule has 1 aliphatic heterocycles. The molecule has 0 radical (unpaired) electrons. The minimum Gasteiger partial charge on any atom is -0.376 e. The summed E-state index contributed by atoms with van der Waals surface area (Å²) in [7, 11) is -2.22. The number of amides is 1. The third-order valence-corrected chi connectivity index (χ3v) is 9.14. The van der Waals surface area contributed by atoms with Crippen LogP contribution < -0.4 is 4.90 Å². The highest BCUT2D eigenvalue weighted by Crippen LogP contribution is 2.31. The van der Waals surface area contributed by atoms with E-state index in [1.165, 1.54) is 59.1 Å². The fourth-order valence-corrected chi connectivity index (χ4v) is 6.43. The van der Waals surface area contributed by atoms with Crippen molar-refractivity contribution in [2.75, 3.05) is 25.1 Å². The average molecular weight is 540 g/mol. The zero-order chi connectivity index (χ0) is 26.0. The number of halogens is 1. The molecule has 10 heteroatoms. The number of carbonyl (C=O) groups is 1. The van der Waals surface area contributed by atoms with E-state index in [1.807, 2.05) is 30.3 Å². The molecule has 5 rings (SSSR count). The Kier molecular flexibility index (Phi) is 7.34. The van der Waals surface area contributed by atoms with Crippen molar-refractivity contribution in [2.24, 2.45) is 0 Å². The number of rotatable bonds is 8. The third kappa shape index (κ3) is 5.57. The van der Waals surface area contributed by atoms with Crippen LogP contribution in [0.4, 0.5) is 9.52 Å². The summed E-state index contributed by atoms with van der Waals surface area (Å²) < 4.78 is 47.6. The molecule has 0 saturated carbocycles. The summed E-state index contributed by atoms with van der Waals surface area (Å²) in [6, 6.07) is 19.6. The lowest BCUT2D eigenvalue weighted by atomic mass is 10.2. The molecule has 0 spiro atoms. The van der Waals surface area contributed by atoms with E-state index in [-0.39, 0.29) is 29.3 Å². The molecule has 7 nitrogen and oxygen atoms in total. The number of benzene rings is 3. The molecule has 1 fully saturated rings. The van der Waals surface area contributed by atoms with E-state index in [0.29, 0.717) is 34.1 Å². The number of ether oxygens (including phenoxy) is 1. The normalized spacial score (nSPS) is 15.9. The molecule has 1 aromatic heterocycles. The second kappa shape index (κ2) is 10.7. The van der Waals surface area contributed by atoms with Crippen LogP contribution in [-0.4, -0.2) is 49.9 Å². The number of carbonyl (C=O) groups excluding carboxylic acids is 1. The largest absolute Gasteiger partial charge is 0.376 e. The van der Waals surface area contributed by atoms with Gasteiger partial charge in [0.15, 0.2) is 5.13 Å². The van der Waals surface area contributed by atoms with Gasteiger partial charge in [-0.1, -0.05) is 41.7 Å². The van der Waals surface area contributed by atoms with Crippen molar-refractivity contribution < 1.29 is 22.3 Å². The van der Waals surface area contributed by atoms with Crippen molar-refractivity contribution in [3.05, 3.63) is 89.7 Å². The Morgan fingerprint density at radius 2 is 1.86 bits per heavy atom. The van der Waals surface area contributed by atoms with Crippen molar-refractivity contribution in [2.45, 2.75) is 30.4 Å². The Morgan fingerprint density at radius 1 is 1.11 bits per heavy atom. The van der Waals surface area contributed by atoms with Gasteiger partial charge >= 0.3 is 0 Å². The highest BCUT2D eigenvalue weighted by atomic mass is 32.2. The number of aromatic nitrogens is 1. The number of thiazole rings is 1. The van der Waals surface area contributed by atoms with E-state index in [1.54, 1.807) is 11.0 Å². The highest BCUT2D eigenvalue weighted by Gasteiger charge is 2.28. The molecule has 1 saturated heterocycles. The van der Waals surface area contributed by atoms with Crippen LogP contribution in [0.15, 0.2) is 77.7 Å². The van der Waals surface area contributed by atoms with Crippen molar-refractivity contribution in [3.63, 3.8) is 0 Å². The van der Waals surface area contributed by atoms with Gasteiger partial charge in [-0.15, -0.1) is 0 Å². The van der Waals surface area contributed by atoms with Crippen molar-refractivity contribution in [1.29, 1.82) is 0 Å². The van der Waals surface area contributed by atoms with Crippen LogP contribution in [0.1, 0.15) is 28.8 Å². The predicted molar refractivity (Wildman–Crippen MR) is 142 cm³/mol. The molecule has 1 unspecified atom stereocenters. The van der Waals surface area contributed by atoms with E-state index >= 15 is 0 Å². The molecule has 2 heterocycles. The molecule has 0 bridgehead atoms. The van der Waals surface area contributed by atoms with Crippen LogP contribution in [0.2, 0.25) is 0 Å². The Bertz CT molecular complexity index is 1500. The molecule has 1 atom stereocenters. The first-order chi connectivity index (χ1) is 17.8. The van der Waals surface area contributed by atoms with Crippen molar-refractivity contribution >= 4 is 42.6 Å². The van der Waals surface area contributed by atoms with Crippen LogP contribution in [0.3, 0.4) is 0 Å². The van der Waals surface area contributed by atoms with Crippen molar-refractivity contribution in [1.82, 2.24) is 9.29 Å². The standard InChI is InChI=1S/C27H26FN3O4S2/c1-30(17-19-6-3-2-4-7-19)37(33,34)23-12-9-20(10-13-23)26(32)31(18-22-8-5-15-35-22)27-29-24-14-11-21(28)16-25(24)36-27/h2-4,6-7,9-14,16,22H,5,8,15,17-18H2,1H3. The summed E-state index contributed by atoms with van der Waals surface area (Å²) in [5.41, 5.74) is 1.81. The van der Waals surface area contributed by atoms with Crippen LogP contribution in [-0.2, 0) is 21.3 Å². The summed E-state index contributed by atoms with van der Waals surface area (Å²) in [5.74, 6) is -0.689. The monoisotopic (exact) mass is 539 g/mol. The molecule has 192 valence electrons. The minimum absolute atomic E-state index is 0.101. The first kappa shape index (κ1) is 25.5. The van der Waals surface area contributed by atoms with Gasteiger partial charge in [0.05, 0.1) is 27.8 Å². The van der Waals surface area contributed by atoms with Crippen molar-refractivity contribution in [3.8, 4) is 0 Å². The summed E-state index contributed by atoms with van der Waals surface area (Å²) in [6.07, 6.45) is 1.62. The van der Waals surface area contributed by atoms with Gasteiger partial charge in [0.25, 0.3) is 5.91 Å². The maximum absolute atomic E-state index is 13.7. The summed E-state index contributed by atoms with van der Waals surface area (Å²) >= 11 is 1.23. The molecule has 1 aliphatic rings. The van der Waals surface area contributed by atoms with E-state index in [2.05, 4.69) is 4.98 Å². The molecule has 3 aromatic carbocycles. The Morgan fingerprint density at radius 3 is 2.57 bits per heavy atom. The Balaban J connectivity index is 1.40. The predicted octanol–water partition coefficient (Wildman–Crippen LogP) is 5.08. The van der Waals surface area contributed by atoms with Crippen LogP contribution in [0.5, 0.6) is 0 Å². The van der Waals surface area contributed by atoms with E-state index < -0.39 is 10.0 Å². The van der Waals surface area contributed by atoms with Crippen LogP contribution in [0.25, 0.3) is 10.2 Å². The topological polar surface area (TPSA) is 79.8 Å². The fourth-order valence-electron chi connectivity index (χ4n) is 4.27. The number of sulfonamides is 1. The lowest BCUT2D eigenvalue weighted by Gasteiger charge is -2.23. The lowest BCUT2D eigenvalue weighted by molar-refractivity contribution is 0.0917. The summed E-state index contributed by atoms with van der Waals surface area (Å²) in [6.45, 7) is 1.18. The molecule has 1 amide bonds. The van der Waals surface area contributed by atoms with Gasteiger partial charge in [0, 0.05) is 25.8 Å². The van der Waals surface area contributed by atoms with Gasteiger partial charge in [-0.25, -0.2) is 17.8 Å². The maximum Gasteiger partial charge on any atom is 0.260 e. The number of hydrogen-bond acceptors (Lipinski definition) is 6. The van der Waals surface area contributed by atoms with E-state index in [0.717, 1.165) is 18.4 Å². The second-order valence-electron chi connectivity index (χ2n) is 8.93. The number of hydrogen-bond donors (Lipinski definition) is 0. The summed E-state index contributed by atoms with van der Waals surface area (Å²) in [4.78, 5) is 19.8. The highest BCUT2D eigenvalue weighted by molar-refractivity contribution is 7.89. The number of anilines is 1. The fraction of sp³-hybridized carbons (Fsp3) is 0.259. The van der Waals surface area contributed by atoms with Gasteiger partial charge in [-0.3, -0.25) is 9.69 Å². The molecule has 4 aromatic rings. The van der Waals surface area contributed by atoms with Gasteiger partial charge in [-0.05, 0) is 60.9 Å². The summed E-state index contributed by atoms with van der Waals surface area (Å²) in [5, 5.41) is 0.445. The molecular formula is C27H26FN3O4S2. The molecular weight excluding hydrogens is 513 g/mol. The first-order valence-electron chi connectivity index (χ1n) is 11.9. The second-order valence-corrected chi connectivity index (χ2v) is 12.0. The van der Waals surface area contributed by atoms with Crippen LogP contribution >= 0.6 is 11.3 Å². The quantitative estimate of drug-likeness (QED) is 0.312. The smallest absolute Gasteiger partial charge is 0.260 e. The van der Waals surface area contributed by atoms with E-state index in [4.69, 9.17) is 4.74 Å². The first-order valence-corrected chi connectivity index (χ1v) is 14.2. The average Bonchev–Trinajstić information content (AvgIpc) is 3.57. The third-order valence-electron chi connectivity index (χ3n) is 6.28. The van der Waals surface area contributed by atoms with Crippen LogP contribution in [0, 0.1) is 5.82 Å². The number of fused-ring (bicyclic) bond motifs is 1. The zero-order valence-electron chi connectivity index (χ0n) is 20.2. The van der Waals surface area contributed by atoms with Gasteiger partial charge < -0.3 is 4.74 Å². The lowest BCUT2D eigenvalue weighted by Crippen LogP contribution is -2.37. The molecule has 0 aliphatic carbocycles. The SMILES string of the molecule is CN(Cc1ccccc1)S(=O)(=O)c1ccc(C(=O)N(CC2CCCO2)c2nc3ccc(F)cc3s2)cc1. The molecule has 0 N–H and O–H groups in total. The zero-order valence-corrected chi connectivity index (χ0v) is 21.8. The van der Waals surface area contributed by atoms with E-state index in [9.17, 15) is 17.6 Å². The van der Waals surface area contributed by atoms with Gasteiger partial charge in [0.2, 0.25) is 10.0 Å². The Hall–Kier alpha value is -3.18. The van der Waals surface area contributed by atoms with Gasteiger partial charge in [-0.2, -0.15) is 4.31 Å². The Labute approximate surface area is 219 Å². The number of nitrogens with zero attached hydrogens (tertiary/aromatic N) is 3.